The standard InChI is InChI=1S/C34H39ClF3N9O3/c1-19-23(35)9-8-10-24(19)46-25(34(36,37)38)16-22-26(30(46)48)40-29(44-17-33(5,18-44)43(6)7)27-28(22)47(42-41-27)21-12-14-45(20(15-21)11-13-39)31(49)50-32(2,3)4/h8-10,16,20-21H,11-12,14-15,17-18H2,1-7H3/t20-,21?/m1/s1. The van der Waals surface area contributed by atoms with E-state index in [0.29, 0.717) is 35.5 Å². The predicted octanol–water partition coefficient (Wildman–Crippen LogP) is 6.11. The van der Waals surface area contributed by atoms with Gasteiger partial charge in [0.15, 0.2) is 11.3 Å². The number of hydrogen-bond acceptors (Lipinski definition) is 9. The Morgan fingerprint density at radius 1 is 1.20 bits per heavy atom. The van der Waals surface area contributed by atoms with E-state index in [1.165, 1.54) is 17.0 Å². The summed E-state index contributed by atoms with van der Waals surface area (Å²) in [5.74, 6) is 0.337. The molecule has 0 radical (unpaired) electrons. The van der Waals surface area contributed by atoms with E-state index in [2.05, 4.69) is 28.2 Å². The number of aromatic nitrogens is 5. The van der Waals surface area contributed by atoms with E-state index in [9.17, 15) is 28.0 Å². The van der Waals surface area contributed by atoms with Gasteiger partial charge in [-0.3, -0.25) is 9.36 Å². The highest BCUT2D eigenvalue weighted by Crippen LogP contribution is 2.41. The second-order valence-electron chi connectivity index (χ2n) is 14.6. The minimum Gasteiger partial charge on any atom is -0.444 e. The molecule has 12 nitrogen and oxygen atoms in total. The van der Waals surface area contributed by atoms with Crippen molar-refractivity contribution >= 4 is 45.4 Å². The highest BCUT2D eigenvalue weighted by molar-refractivity contribution is 6.31. The number of likely N-dealkylation sites (N-methyl/N-ethyl adjacent to an activating group) is 1. The fraction of sp³-hybridized carbons (Fsp3) is 0.529. The Morgan fingerprint density at radius 3 is 2.52 bits per heavy atom. The summed E-state index contributed by atoms with van der Waals surface area (Å²) < 4.78 is 52.5. The third-order valence-corrected chi connectivity index (χ3v) is 10.2. The van der Waals surface area contributed by atoms with Gasteiger partial charge < -0.3 is 19.4 Å². The molecule has 0 aliphatic carbocycles. The summed E-state index contributed by atoms with van der Waals surface area (Å²) in [5, 5.41) is 18.7. The number of hydrogen-bond donors (Lipinski definition) is 0. The number of amides is 1. The molecule has 6 rings (SSSR count). The molecule has 0 bridgehead atoms. The molecule has 16 heteroatoms. The number of nitriles is 1. The minimum absolute atomic E-state index is 0.00867. The zero-order valence-electron chi connectivity index (χ0n) is 29.0. The molecule has 2 saturated heterocycles. The molecule has 0 saturated carbocycles. The summed E-state index contributed by atoms with van der Waals surface area (Å²) in [5.41, 5.74) is -2.52. The van der Waals surface area contributed by atoms with Gasteiger partial charge in [-0.15, -0.1) is 5.10 Å². The number of carbonyl (C=O) groups is 1. The van der Waals surface area contributed by atoms with E-state index < -0.39 is 41.2 Å². The van der Waals surface area contributed by atoms with Crippen LogP contribution in [-0.2, 0) is 10.9 Å². The molecule has 5 heterocycles. The van der Waals surface area contributed by atoms with Crippen LogP contribution in [0.2, 0.25) is 5.02 Å². The second-order valence-corrected chi connectivity index (χ2v) is 15.0. The lowest BCUT2D eigenvalue weighted by Crippen LogP contribution is -2.67. The molecule has 4 aromatic rings. The Morgan fingerprint density at radius 2 is 1.90 bits per heavy atom. The van der Waals surface area contributed by atoms with Crippen molar-refractivity contribution in [2.45, 2.75) is 83.3 Å². The van der Waals surface area contributed by atoms with Crippen LogP contribution in [0.5, 0.6) is 0 Å². The fourth-order valence-corrected chi connectivity index (χ4v) is 6.99. The number of alkyl halides is 3. The Bertz CT molecular complexity index is 2090. The normalized spacial score (nSPS) is 19.6. The lowest BCUT2D eigenvalue weighted by Gasteiger charge is -2.52. The number of fused-ring (bicyclic) bond motifs is 3. The van der Waals surface area contributed by atoms with Crippen LogP contribution in [0, 0.1) is 18.3 Å². The molecule has 2 aliphatic heterocycles. The van der Waals surface area contributed by atoms with Crippen molar-refractivity contribution in [3.05, 3.63) is 50.9 Å². The molecule has 3 aromatic heterocycles. The number of halogens is 4. The number of likely N-dealkylation sites (tertiary alicyclic amines) is 1. The number of pyridine rings is 2. The Hall–Kier alpha value is -4.42. The summed E-state index contributed by atoms with van der Waals surface area (Å²) in [6, 6.07) is 6.51. The molecular formula is C34H39ClF3N9O3. The average Bonchev–Trinajstić information content (AvgIpc) is 3.45. The monoisotopic (exact) mass is 713 g/mol. The van der Waals surface area contributed by atoms with Gasteiger partial charge in [0.05, 0.1) is 35.8 Å². The molecule has 1 amide bonds. The highest BCUT2D eigenvalue weighted by Gasteiger charge is 2.44. The van der Waals surface area contributed by atoms with E-state index in [1.807, 2.05) is 19.0 Å². The van der Waals surface area contributed by atoms with Gasteiger partial charge in [-0.25, -0.2) is 14.5 Å². The van der Waals surface area contributed by atoms with Crippen LogP contribution in [0.25, 0.3) is 27.6 Å². The quantitative estimate of drug-likeness (QED) is 0.241. The van der Waals surface area contributed by atoms with Crippen molar-refractivity contribution in [3.63, 3.8) is 0 Å². The summed E-state index contributed by atoms with van der Waals surface area (Å²) >= 11 is 6.32. The van der Waals surface area contributed by atoms with E-state index >= 15 is 0 Å². The van der Waals surface area contributed by atoms with Gasteiger partial charge in [-0.1, -0.05) is 22.9 Å². The molecule has 2 atom stereocenters. The third kappa shape index (κ3) is 6.12. The summed E-state index contributed by atoms with van der Waals surface area (Å²) in [4.78, 5) is 37.7. The first-order valence-electron chi connectivity index (χ1n) is 16.3. The Balaban J connectivity index is 1.58. The maximum atomic E-state index is 14.9. The molecule has 1 aromatic carbocycles. The lowest BCUT2D eigenvalue weighted by molar-refractivity contribution is -0.142. The second kappa shape index (κ2) is 12.4. The first kappa shape index (κ1) is 35.4. The Labute approximate surface area is 291 Å². The number of carbonyl (C=O) groups excluding carboxylic acids is 1. The smallest absolute Gasteiger partial charge is 0.431 e. The van der Waals surface area contributed by atoms with Gasteiger partial charge in [0.1, 0.15) is 22.3 Å². The first-order chi connectivity index (χ1) is 23.3. The molecule has 50 heavy (non-hydrogen) atoms. The lowest BCUT2D eigenvalue weighted by atomic mass is 9.90. The van der Waals surface area contributed by atoms with Crippen LogP contribution in [0.1, 0.15) is 64.3 Å². The Kier molecular flexibility index (Phi) is 8.79. The van der Waals surface area contributed by atoms with Crippen LogP contribution in [0.15, 0.2) is 29.1 Å². The number of nitrogens with zero attached hydrogens (tertiary/aromatic N) is 9. The van der Waals surface area contributed by atoms with Crippen LogP contribution in [-0.4, -0.2) is 91.3 Å². The molecule has 0 N–H and O–H groups in total. The van der Waals surface area contributed by atoms with E-state index in [1.54, 1.807) is 38.4 Å². The van der Waals surface area contributed by atoms with Gasteiger partial charge >= 0.3 is 12.3 Å². The number of benzene rings is 1. The largest absolute Gasteiger partial charge is 0.444 e. The zero-order chi connectivity index (χ0) is 36.5. The molecule has 2 fully saturated rings. The van der Waals surface area contributed by atoms with Crippen LogP contribution >= 0.6 is 11.6 Å². The maximum absolute atomic E-state index is 14.9. The van der Waals surface area contributed by atoms with Gasteiger partial charge in [-0.05, 0) is 85.3 Å². The SMILES string of the molecule is Cc1c(Cl)cccc1-n1c(C(F)(F)F)cc2c(nc(N3CC(C)(N(C)C)C3)c3nnn(C4CCN(C(=O)OC(C)(C)C)[C@H](CC#N)C4)c32)c1=O. The van der Waals surface area contributed by atoms with Crippen LogP contribution < -0.4 is 10.5 Å². The highest BCUT2D eigenvalue weighted by atomic mass is 35.5. The molecule has 2 aliphatic rings. The number of anilines is 1. The van der Waals surface area contributed by atoms with Crippen molar-refractivity contribution in [2.75, 3.05) is 38.6 Å². The fourth-order valence-electron chi connectivity index (χ4n) is 6.83. The maximum Gasteiger partial charge on any atom is 0.431 e. The average molecular weight is 714 g/mol. The third-order valence-electron chi connectivity index (χ3n) is 9.76. The van der Waals surface area contributed by atoms with Crippen LogP contribution in [0.3, 0.4) is 0 Å². The van der Waals surface area contributed by atoms with Crippen molar-refractivity contribution in [3.8, 4) is 11.8 Å². The van der Waals surface area contributed by atoms with E-state index in [0.717, 1.165) is 6.07 Å². The van der Waals surface area contributed by atoms with Crippen molar-refractivity contribution < 1.29 is 22.7 Å². The van der Waals surface area contributed by atoms with Gasteiger partial charge in [0, 0.05) is 30.0 Å². The van der Waals surface area contributed by atoms with Crippen molar-refractivity contribution in [1.29, 1.82) is 5.26 Å². The molecule has 266 valence electrons. The summed E-state index contributed by atoms with van der Waals surface area (Å²) in [6.45, 7) is 10.2. The summed E-state index contributed by atoms with van der Waals surface area (Å²) in [6.07, 6.45) is -4.86. The molecule has 1 unspecified atom stereocenters. The predicted molar refractivity (Wildman–Crippen MR) is 183 cm³/mol. The zero-order valence-corrected chi connectivity index (χ0v) is 29.7. The van der Waals surface area contributed by atoms with Crippen molar-refractivity contribution in [1.82, 2.24) is 34.3 Å². The number of ether oxygens (including phenoxy) is 1. The number of piperidine rings is 1. The van der Waals surface area contributed by atoms with E-state index in [-0.39, 0.29) is 57.6 Å². The minimum atomic E-state index is -4.94. The molecular weight excluding hydrogens is 675 g/mol. The van der Waals surface area contributed by atoms with Crippen molar-refractivity contribution in [2.24, 2.45) is 0 Å². The van der Waals surface area contributed by atoms with Gasteiger partial charge in [0.25, 0.3) is 5.56 Å². The van der Waals surface area contributed by atoms with Gasteiger partial charge in [-0.2, -0.15) is 18.4 Å². The van der Waals surface area contributed by atoms with E-state index in [4.69, 9.17) is 21.3 Å². The molecule has 0 spiro atoms. The number of rotatable bonds is 5. The topological polar surface area (TPSA) is 125 Å². The van der Waals surface area contributed by atoms with Crippen LogP contribution in [0.4, 0.5) is 23.8 Å². The van der Waals surface area contributed by atoms with Gasteiger partial charge in [0.2, 0.25) is 0 Å². The first-order valence-corrected chi connectivity index (χ1v) is 16.7. The summed E-state index contributed by atoms with van der Waals surface area (Å²) in [7, 11) is 3.92.